The summed E-state index contributed by atoms with van der Waals surface area (Å²) in [5.41, 5.74) is 0.803. The number of aromatic nitrogens is 2. The molecule has 0 atom stereocenters. The molecule has 0 bridgehead atoms. The van der Waals surface area contributed by atoms with Gasteiger partial charge in [-0.3, -0.25) is 4.79 Å². The highest BCUT2D eigenvalue weighted by molar-refractivity contribution is 8.00. The van der Waals surface area contributed by atoms with Gasteiger partial charge < -0.3 is 5.32 Å². The summed E-state index contributed by atoms with van der Waals surface area (Å²) in [6.45, 7) is 8.39. The number of aryl methyl sites for hydroxylation is 1. The Morgan fingerprint density at radius 2 is 1.24 bits per heavy atom. The summed E-state index contributed by atoms with van der Waals surface area (Å²) in [5, 5.41) is 4.89. The van der Waals surface area contributed by atoms with Crippen molar-refractivity contribution in [2.45, 2.75) is 128 Å². The summed E-state index contributed by atoms with van der Waals surface area (Å²) in [4.78, 5) is 21.7. The van der Waals surface area contributed by atoms with E-state index in [1.54, 1.807) is 23.5 Å². The monoisotopic (exact) mass is 493 g/mol. The molecule has 1 amide bonds. The van der Waals surface area contributed by atoms with Crippen LogP contribution in [0.2, 0.25) is 0 Å². The molecule has 6 heteroatoms. The summed E-state index contributed by atoms with van der Waals surface area (Å²) in [6, 6.07) is 0. The molecule has 4 nitrogen and oxygen atoms in total. The van der Waals surface area contributed by atoms with E-state index in [4.69, 9.17) is 0 Å². The average molecular weight is 494 g/mol. The predicted octanol–water partition coefficient (Wildman–Crippen LogP) is 8.99. The minimum absolute atomic E-state index is 0.0796. The van der Waals surface area contributed by atoms with Crippen LogP contribution in [-0.2, 0) is 4.79 Å². The maximum atomic E-state index is 12.5. The van der Waals surface area contributed by atoms with Crippen molar-refractivity contribution >= 4 is 35.1 Å². The zero-order valence-electron chi connectivity index (χ0n) is 21.6. The van der Waals surface area contributed by atoms with Crippen LogP contribution in [0.25, 0.3) is 0 Å². The minimum Gasteiger partial charge on any atom is -0.322 e. The number of nitrogens with zero attached hydrogens (tertiary/aromatic N) is 2. The molecule has 0 radical (unpaired) electrons. The molecular weight excluding hydrogens is 446 g/mol. The molecule has 0 fully saturated rings. The number of hydrogen-bond acceptors (Lipinski definition) is 5. The van der Waals surface area contributed by atoms with Crippen molar-refractivity contribution in [3.8, 4) is 0 Å². The van der Waals surface area contributed by atoms with Crippen LogP contribution in [0.3, 0.4) is 0 Å². The van der Waals surface area contributed by atoms with Gasteiger partial charge in [0.25, 0.3) is 0 Å². The zero-order chi connectivity index (χ0) is 24.2. The first-order valence-electron chi connectivity index (χ1n) is 13.2. The van der Waals surface area contributed by atoms with Crippen LogP contribution in [0.1, 0.15) is 116 Å². The highest BCUT2D eigenvalue weighted by Gasteiger charge is 2.16. The lowest BCUT2D eigenvalue weighted by atomic mass is 10.1. The number of anilines is 1. The van der Waals surface area contributed by atoms with Crippen molar-refractivity contribution in [1.82, 2.24) is 9.97 Å². The molecule has 1 aromatic heterocycles. The van der Waals surface area contributed by atoms with Gasteiger partial charge in [0.05, 0.1) is 0 Å². The van der Waals surface area contributed by atoms with E-state index in [9.17, 15) is 4.79 Å². The van der Waals surface area contributed by atoms with Gasteiger partial charge >= 0.3 is 0 Å². The molecular formula is C27H47N3OS2. The number of nitrogens with one attached hydrogen (secondary N) is 1. The molecule has 0 aliphatic rings. The van der Waals surface area contributed by atoms with Crippen molar-refractivity contribution in [3.63, 3.8) is 0 Å². The quantitative estimate of drug-likeness (QED) is 0.0850. The number of amides is 1. The van der Waals surface area contributed by atoms with E-state index in [0.29, 0.717) is 6.42 Å². The molecule has 33 heavy (non-hydrogen) atoms. The van der Waals surface area contributed by atoms with Crippen LogP contribution >= 0.6 is 23.5 Å². The molecule has 0 saturated heterocycles. The third-order valence-corrected chi connectivity index (χ3v) is 7.16. The fourth-order valence-corrected chi connectivity index (χ4v) is 5.26. The molecule has 1 N–H and O–H groups in total. The first kappa shape index (κ1) is 30.0. The van der Waals surface area contributed by atoms with Gasteiger partial charge in [-0.05, 0) is 50.5 Å². The third kappa shape index (κ3) is 14.8. The largest absolute Gasteiger partial charge is 0.322 e. The first-order chi connectivity index (χ1) is 16.1. The van der Waals surface area contributed by atoms with E-state index in [-0.39, 0.29) is 5.91 Å². The van der Waals surface area contributed by atoms with Crippen molar-refractivity contribution in [2.24, 2.45) is 0 Å². The molecule has 0 saturated carbocycles. The lowest BCUT2D eigenvalue weighted by Gasteiger charge is -2.14. The second-order valence-corrected chi connectivity index (χ2v) is 11.0. The van der Waals surface area contributed by atoms with Crippen molar-refractivity contribution in [1.29, 1.82) is 0 Å². The van der Waals surface area contributed by atoms with Crippen LogP contribution in [0.15, 0.2) is 22.2 Å². The van der Waals surface area contributed by atoms with E-state index in [0.717, 1.165) is 45.9 Å². The zero-order valence-corrected chi connectivity index (χ0v) is 23.2. The van der Waals surface area contributed by atoms with E-state index in [1.165, 1.54) is 70.6 Å². The van der Waals surface area contributed by atoms with E-state index < -0.39 is 0 Å². The van der Waals surface area contributed by atoms with Gasteiger partial charge in [-0.2, -0.15) is 0 Å². The predicted molar refractivity (Wildman–Crippen MR) is 148 cm³/mol. The molecule has 0 aromatic carbocycles. The van der Waals surface area contributed by atoms with Gasteiger partial charge in [-0.1, -0.05) is 84.3 Å². The highest BCUT2D eigenvalue weighted by Crippen LogP contribution is 2.33. The SMILES string of the molecule is CCCCCCCC/C=C\CCCCCCCC(=O)Nc1c(SCC)nc(C)nc1SCC. The van der Waals surface area contributed by atoms with Crippen LogP contribution < -0.4 is 5.32 Å². The van der Waals surface area contributed by atoms with Crippen molar-refractivity contribution in [2.75, 3.05) is 16.8 Å². The molecule has 0 aliphatic carbocycles. The van der Waals surface area contributed by atoms with Crippen molar-refractivity contribution in [3.05, 3.63) is 18.0 Å². The summed E-state index contributed by atoms with van der Waals surface area (Å²) in [5.74, 6) is 2.68. The maximum Gasteiger partial charge on any atom is 0.224 e. The number of unbranched alkanes of at least 4 members (excludes halogenated alkanes) is 11. The highest BCUT2D eigenvalue weighted by atomic mass is 32.2. The van der Waals surface area contributed by atoms with Crippen LogP contribution in [0.4, 0.5) is 5.69 Å². The second-order valence-electron chi connectivity index (χ2n) is 8.50. The van der Waals surface area contributed by atoms with Crippen molar-refractivity contribution < 1.29 is 4.79 Å². The second kappa shape index (κ2) is 20.4. The molecule has 1 heterocycles. The third-order valence-electron chi connectivity index (χ3n) is 5.45. The summed E-state index contributed by atoms with van der Waals surface area (Å²) in [6.07, 6.45) is 21.8. The molecule has 0 aliphatic heterocycles. The fraction of sp³-hybridized carbons (Fsp3) is 0.741. The normalized spacial score (nSPS) is 11.4. The van der Waals surface area contributed by atoms with E-state index in [1.807, 2.05) is 6.92 Å². The molecule has 1 rings (SSSR count). The summed E-state index contributed by atoms with van der Waals surface area (Å²) < 4.78 is 0. The van der Waals surface area contributed by atoms with Crippen LogP contribution in [0, 0.1) is 6.92 Å². The lowest BCUT2D eigenvalue weighted by Crippen LogP contribution is -2.14. The Hall–Kier alpha value is -1.01. The van der Waals surface area contributed by atoms with Gasteiger partial charge in [0.15, 0.2) is 0 Å². The topological polar surface area (TPSA) is 54.9 Å². The minimum atomic E-state index is 0.0796. The van der Waals surface area contributed by atoms with Gasteiger partial charge in [0.2, 0.25) is 5.91 Å². The molecule has 0 unspecified atom stereocenters. The maximum absolute atomic E-state index is 12.5. The Kier molecular flexibility index (Phi) is 18.5. The summed E-state index contributed by atoms with van der Waals surface area (Å²) in [7, 11) is 0. The Balaban J connectivity index is 2.18. The number of hydrogen-bond donors (Lipinski definition) is 1. The number of thioether (sulfide) groups is 2. The fourth-order valence-electron chi connectivity index (χ4n) is 3.67. The summed E-state index contributed by atoms with van der Waals surface area (Å²) >= 11 is 3.33. The van der Waals surface area contributed by atoms with Crippen LogP contribution in [-0.4, -0.2) is 27.4 Å². The Morgan fingerprint density at radius 3 is 1.76 bits per heavy atom. The van der Waals surface area contributed by atoms with Crippen LogP contribution in [0.5, 0.6) is 0 Å². The number of allylic oxidation sites excluding steroid dienone is 2. The average Bonchev–Trinajstić information content (AvgIpc) is 2.79. The standard InChI is InChI=1S/C27H47N3OS2/c1-5-8-9-10-11-12-13-14-15-16-17-18-19-20-21-22-24(31)30-25-26(32-6-2)28-23(4)29-27(25)33-7-3/h14-15H,5-13,16-22H2,1-4H3,(H,30,31)/b15-14-. The Morgan fingerprint density at radius 1 is 0.758 bits per heavy atom. The van der Waals surface area contributed by atoms with Gasteiger partial charge in [0.1, 0.15) is 21.6 Å². The van der Waals surface area contributed by atoms with Gasteiger partial charge in [-0.15, -0.1) is 23.5 Å². The Bertz CT molecular complexity index is 652. The number of carbonyl (C=O) groups is 1. The van der Waals surface area contributed by atoms with Gasteiger partial charge in [-0.25, -0.2) is 9.97 Å². The molecule has 188 valence electrons. The Labute approximate surface area is 212 Å². The van der Waals surface area contributed by atoms with E-state index in [2.05, 4.69) is 48.2 Å². The van der Waals surface area contributed by atoms with E-state index >= 15 is 0 Å². The molecule has 1 aromatic rings. The molecule has 0 spiro atoms. The number of carbonyl (C=O) groups excluding carboxylic acids is 1. The smallest absolute Gasteiger partial charge is 0.224 e. The lowest BCUT2D eigenvalue weighted by molar-refractivity contribution is -0.116. The first-order valence-corrected chi connectivity index (χ1v) is 15.2. The number of rotatable bonds is 20. The van der Waals surface area contributed by atoms with Gasteiger partial charge in [0, 0.05) is 6.42 Å².